The predicted molar refractivity (Wildman–Crippen MR) is 163 cm³/mol. The van der Waals surface area contributed by atoms with E-state index in [2.05, 4.69) is 50.8 Å². The van der Waals surface area contributed by atoms with Crippen molar-refractivity contribution in [2.45, 2.75) is 5.41 Å². The Balaban J connectivity index is 1.44. The average Bonchev–Trinajstić information content (AvgIpc) is 3.55. The summed E-state index contributed by atoms with van der Waals surface area (Å²) < 4.78 is 8.98. The lowest BCUT2D eigenvalue weighted by atomic mass is 9.66. The summed E-state index contributed by atoms with van der Waals surface area (Å²) in [7, 11) is 0. The third kappa shape index (κ3) is 2.88. The maximum Gasteiger partial charge on any atom is 0.270 e. The summed E-state index contributed by atoms with van der Waals surface area (Å²) in [5, 5.41) is 11.4. The fraction of sp³-hybridized carbons (Fsp3) is 0.0278. The van der Waals surface area contributed by atoms with Crippen LogP contribution in [0.2, 0.25) is 0 Å². The van der Waals surface area contributed by atoms with Crippen LogP contribution in [0.3, 0.4) is 0 Å². The molecule has 2 aliphatic rings. The van der Waals surface area contributed by atoms with Crippen molar-refractivity contribution in [1.29, 1.82) is 5.26 Å². The first-order chi connectivity index (χ1) is 21.2. The van der Waals surface area contributed by atoms with Crippen LogP contribution in [0.15, 0.2) is 110 Å². The molecule has 4 aromatic heterocycles. The molecule has 0 atom stereocenters. The first-order valence-electron chi connectivity index (χ1n) is 13.8. The molecule has 0 amide bonds. The van der Waals surface area contributed by atoms with Gasteiger partial charge < -0.3 is 14.1 Å². The van der Waals surface area contributed by atoms with Crippen LogP contribution < -0.4 is 4.74 Å². The topological polar surface area (TPSA) is 81.0 Å². The Morgan fingerprint density at radius 2 is 1.47 bits per heavy atom. The molecule has 7 nitrogen and oxygen atoms in total. The Labute approximate surface area is 245 Å². The van der Waals surface area contributed by atoms with E-state index in [0.717, 1.165) is 66.9 Å². The second-order valence-corrected chi connectivity index (χ2v) is 10.7. The minimum Gasteiger partial charge on any atom is -0.454 e. The van der Waals surface area contributed by atoms with Crippen LogP contribution in [0, 0.1) is 17.9 Å². The van der Waals surface area contributed by atoms with Crippen molar-refractivity contribution >= 4 is 27.6 Å². The van der Waals surface area contributed by atoms with Gasteiger partial charge in [-0.15, -0.1) is 4.98 Å². The molecule has 0 saturated heterocycles. The molecule has 0 unspecified atom stereocenters. The number of ether oxygens (including phenoxy) is 1. The number of benzene rings is 3. The lowest BCUT2D eigenvalue weighted by Gasteiger charge is -2.39. The van der Waals surface area contributed by atoms with Crippen molar-refractivity contribution in [3.63, 3.8) is 0 Å². The van der Waals surface area contributed by atoms with E-state index in [1.807, 2.05) is 67.0 Å². The first-order valence-corrected chi connectivity index (χ1v) is 13.8. The van der Waals surface area contributed by atoms with Gasteiger partial charge in [-0.25, -0.2) is 0 Å². The lowest BCUT2D eigenvalue weighted by Crippen LogP contribution is -2.32. The van der Waals surface area contributed by atoms with E-state index in [0.29, 0.717) is 17.1 Å². The monoisotopic (exact) mass is 550 g/mol. The molecule has 0 radical (unpaired) electrons. The number of pyridine rings is 3. The van der Waals surface area contributed by atoms with Crippen LogP contribution in [-0.2, 0) is 5.41 Å². The second kappa shape index (κ2) is 8.36. The van der Waals surface area contributed by atoms with Gasteiger partial charge in [-0.2, -0.15) is 5.26 Å². The molecule has 1 aliphatic carbocycles. The number of aromatic nitrogens is 4. The SMILES string of the molecule is [C-]#[N+]c1cc2c3cc(C#N)ccc3n(-c3cccc4c3Oc3ccccc3C43c4cccnc4-c4ncccc43)c2cn1. The zero-order valence-corrected chi connectivity index (χ0v) is 22.5. The first kappa shape index (κ1) is 23.4. The van der Waals surface area contributed by atoms with E-state index in [9.17, 15) is 5.26 Å². The summed E-state index contributed by atoms with van der Waals surface area (Å²) in [5.74, 6) is 1.77. The van der Waals surface area contributed by atoms with Crippen LogP contribution in [0.5, 0.6) is 11.5 Å². The van der Waals surface area contributed by atoms with Crippen molar-refractivity contribution < 1.29 is 4.74 Å². The fourth-order valence-electron chi connectivity index (χ4n) is 7.04. The number of para-hydroxylation sites is 2. The quantitative estimate of drug-likeness (QED) is 0.194. The van der Waals surface area contributed by atoms with Gasteiger partial charge in [0.1, 0.15) is 11.9 Å². The van der Waals surface area contributed by atoms with Crippen molar-refractivity contribution in [2.24, 2.45) is 0 Å². The predicted octanol–water partition coefficient (Wildman–Crippen LogP) is 7.86. The number of nitrogens with zero attached hydrogens (tertiary/aromatic N) is 6. The van der Waals surface area contributed by atoms with Crippen LogP contribution in [0.4, 0.5) is 5.82 Å². The molecule has 43 heavy (non-hydrogen) atoms. The van der Waals surface area contributed by atoms with Gasteiger partial charge in [0.2, 0.25) is 0 Å². The third-order valence-electron chi connectivity index (χ3n) is 8.67. The number of hydrogen-bond acceptors (Lipinski definition) is 5. The van der Waals surface area contributed by atoms with E-state index >= 15 is 0 Å². The highest BCUT2D eigenvalue weighted by Gasteiger charge is 2.52. The van der Waals surface area contributed by atoms with Gasteiger partial charge in [-0.3, -0.25) is 9.97 Å². The standard InChI is InChI=1S/C36H18N6O/c1-38-32-18-23-22-17-21(19-37)13-14-28(22)42(30(23)20-41-32)29-11-4-8-27-35(29)43-31-12-3-2-7-24(31)36(27)25-9-5-15-39-33(25)34-26(36)10-6-16-40-34/h2-18,20H. The summed E-state index contributed by atoms with van der Waals surface area (Å²) in [4.78, 5) is 17.6. The third-order valence-corrected chi connectivity index (χ3v) is 8.67. The van der Waals surface area contributed by atoms with Gasteiger partial charge in [-0.1, -0.05) is 49.0 Å². The molecule has 1 aliphatic heterocycles. The molecular formula is C36H18N6O. The van der Waals surface area contributed by atoms with Gasteiger partial charge >= 0.3 is 0 Å². The van der Waals surface area contributed by atoms with Crippen LogP contribution in [0.1, 0.15) is 27.8 Å². The minimum absolute atomic E-state index is 0.298. The van der Waals surface area contributed by atoms with Gasteiger partial charge in [0.15, 0.2) is 5.75 Å². The largest absolute Gasteiger partial charge is 0.454 e. The summed E-state index contributed by atoms with van der Waals surface area (Å²) in [6.45, 7) is 7.55. The van der Waals surface area contributed by atoms with Crippen molar-refractivity contribution in [3.8, 4) is 34.6 Å². The molecule has 9 rings (SSSR count). The molecular weight excluding hydrogens is 532 g/mol. The number of rotatable bonds is 1. The van der Waals surface area contributed by atoms with Gasteiger partial charge in [-0.05, 0) is 59.7 Å². The molecule has 1 spiro atoms. The van der Waals surface area contributed by atoms with Gasteiger partial charge in [0.25, 0.3) is 5.82 Å². The number of nitriles is 1. The van der Waals surface area contributed by atoms with E-state index in [-0.39, 0.29) is 0 Å². The molecule has 3 aromatic carbocycles. The molecule has 0 N–H and O–H groups in total. The molecule has 0 fully saturated rings. The van der Waals surface area contributed by atoms with E-state index < -0.39 is 5.41 Å². The van der Waals surface area contributed by atoms with Crippen LogP contribution in [-0.4, -0.2) is 19.5 Å². The minimum atomic E-state index is -0.699. The highest BCUT2D eigenvalue weighted by molar-refractivity contribution is 6.10. The Hall–Kier alpha value is -6.31. The summed E-state index contributed by atoms with van der Waals surface area (Å²) in [6, 6.07) is 32.3. The Kier molecular flexibility index (Phi) is 4.55. The number of fused-ring (bicyclic) bond motifs is 12. The molecule has 198 valence electrons. The van der Waals surface area contributed by atoms with Crippen molar-refractivity contribution in [3.05, 3.63) is 149 Å². The molecule has 7 aromatic rings. The Morgan fingerprint density at radius 1 is 0.744 bits per heavy atom. The van der Waals surface area contributed by atoms with Crippen LogP contribution >= 0.6 is 0 Å². The summed E-state index contributed by atoms with van der Waals surface area (Å²) >= 11 is 0. The molecule has 0 bridgehead atoms. The zero-order valence-electron chi connectivity index (χ0n) is 22.5. The summed E-state index contributed by atoms with van der Waals surface area (Å²) in [5.41, 5.74) is 8.24. The van der Waals surface area contributed by atoms with Crippen LogP contribution in [0.25, 0.3) is 43.7 Å². The normalized spacial score (nSPS) is 13.4. The van der Waals surface area contributed by atoms with E-state index in [1.165, 1.54) is 0 Å². The molecule has 5 heterocycles. The van der Waals surface area contributed by atoms with Crippen molar-refractivity contribution in [2.75, 3.05) is 0 Å². The van der Waals surface area contributed by atoms with E-state index in [1.54, 1.807) is 12.3 Å². The van der Waals surface area contributed by atoms with Gasteiger partial charge in [0.05, 0.1) is 45.2 Å². The van der Waals surface area contributed by atoms with E-state index in [4.69, 9.17) is 21.3 Å². The maximum absolute atomic E-state index is 9.67. The average molecular weight is 551 g/mol. The molecule has 0 saturated carbocycles. The molecule has 7 heteroatoms. The second-order valence-electron chi connectivity index (χ2n) is 10.7. The van der Waals surface area contributed by atoms with Gasteiger partial charge in [0, 0.05) is 34.3 Å². The van der Waals surface area contributed by atoms with Crippen molar-refractivity contribution in [1.82, 2.24) is 19.5 Å². The highest BCUT2D eigenvalue weighted by Crippen LogP contribution is 2.62. The fourth-order valence-corrected chi connectivity index (χ4v) is 7.04. The smallest absolute Gasteiger partial charge is 0.270 e. The maximum atomic E-state index is 9.67. The lowest BCUT2D eigenvalue weighted by molar-refractivity contribution is 0.434. The Bertz CT molecular complexity index is 2310. The number of hydrogen-bond donors (Lipinski definition) is 0. The summed E-state index contributed by atoms with van der Waals surface area (Å²) in [6.07, 6.45) is 5.36. The Morgan fingerprint density at radius 3 is 2.23 bits per heavy atom. The zero-order chi connectivity index (χ0) is 28.7. The highest BCUT2D eigenvalue weighted by atomic mass is 16.5.